The third-order valence-corrected chi connectivity index (χ3v) is 7.10. The molecule has 9 heteroatoms. The maximum Gasteiger partial charge on any atom is 0.269 e. The van der Waals surface area contributed by atoms with Gasteiger partial charge in [0.2, 0.25) is 0 Å². The van der Waals surface area contributed by atoms with Crippen molar-refractivity contribution in [2.24, 2.45) is 11.5 Å². The average molecular weight is 564 g/mol. The molecule has 0 radical (unpaired) electrons. The first-order chi connectivity index (χ1) is 18.0. The van der Waals surface area contributed by atoms with Crippen molar-refractivity contribution < 1.29 is 9.59 Å². The number of carbonyl (C=O) groups excluding carboxylic acids is 2. The van der Waals surface area contributed by atoms with Gasteiger partial charge >= 0.3 is 0 Å². The molecule has 0 aliphatic heterocycles. The molecule has 0 unspecified atom stereocenters. The van der Waals surface area contributed by atoms with Gasteiger partial charge in [-0.25, -0.2) is 0 Å². The molecule has 2 aromatic heterocycles. The summed E-state index contributed by atoms with van der Waals surface area (Å²) in [4.78, 5) is 22.1. The van der Waals surface area contributed by atoms with Crippen LogP contribution in [0, 0.1) is 0 Å². The van der Waals surface area contributed by atoms with Gasteiger partial charge in [-0.2, -0.15) is 10.2 Å². The summed E-state index contributed by atoms with van der Waals surface area (Å²) in [7, 11) is 0. The topological polar surface area (TPSA) is 133 Å². The molecule has 2 aliphatic carbocycles. The Morgan fingerprint density at radius 3 is 2.00 bits per heavy atom. The van der Waals surface area contributed by atoms with Crippen LogP contribution in [-0.2, 0) is 37.6 Å². The number of nitrogens with two attached hydrogens (primary N) is 2. The second kappa shape index (κ2) is 12.5. The minimum atomic E-state index is -0.426. The largest absolute Gasteiger partial charge is 0.364 e. The first-order valence-electron chi connectivity index (χ1n) is 12.4. The molecule has 5 N–H and O–H groups in total. The number of aromatic nitrogens is 4. The molecular formula is C28H31BrN6O2. The van der Waals surface area contributed by atoms with Gasteiger partial charge in [-0.15, -0.1) is 0 Å². The average Bonchev–Trinajstić information content (AvgIpc) is 3.69. The Labute approximate surface area is 224 Å². The SMILES string of the molecule is BrCc1ccccc1.NC(=O)c1n[nH]c2c1CCC2.NC(=O)c1nn(Cc2ccccc2)c2c1CCC2. The van der Waals surface area contributed by atoms with Crippen LogP contribution in [0.5, 0.6) is 0 Å². The molecule has 6 rings (SSSR count). The van der Waals surface area contributed by atoms with Crippen molar-refractivity contribution in [3.05, 3.63) is 106 Å². The van der Waals surface area contributed by atoms with Gasteiger partial charge in [0.1, 0.15) is 0 Å². The summed E-state index contributed by atoms with van der Waals surface area (Å²) in [5.41, 5.74) is 18.2. The van der Waals surface area contributed by atoms with E-state index in [0.717, 1.165) is 60.7 Å². The van der Waals surface area contributed by atoms with Crippen LogP contribution in [0.1, 0.15) is 67.5 Å². The van der Waals surface area contributed by atoms with E-state index in [1.54, 1.807) is 0 Å². The molecule has 0 fully saturated rings. The predicted molar refractivity (Wildman–Crippen MR) is 147 cm³/mol. The quantitative estimate of drug-likeness (QED) is 0.316. The van der Waals surface area contributed by atoms with E-state index in [1.807, 2.05) is 41.1 Å². The van der Waals surface area contributed by atoms with Crippen LogP contribution in [0.2, 0.25) is 0 Å². The number of nitrogens with zero attached hydrogens (tertiary/aromatic N) is 3. The van der Waals surface area contributed by atoms with Crippen molar-refractivity contribution in [1.82, 2.24) is 20.0 Å². The Balaban J connectivity index is 0.000000143. The van der Waals surface area contributed by atoms with Crippen LogP contribution < -0.4 is 11.5 Å². The van der Waals surface area contributed by atoms with E-state index in [2.05, 4.69) is 55.5 Å². The van der Waals surface area contributed by atoms with Crippen molar-refractivity contribution >= 4 is 27.7 Å². The number of alkyl halides is 1. The lowest BCUT2D eigenvalue weighted by Crippen LogP contribution is -2.14. The second-order valence-corrected chi connectivity index (χ2v) is 9.56. The number of hydrogen-bond donors (Lipinski definition) is 3. The molecule has 0 atom stereocenters. The molecule has 192 valence electrons. The van der Waals surface area contributed by atoms with Gasteiger partial charge in [0.05, 0.1) is 6.54 Å². The number of H-pyrrole nitrogens is 1. The zero-order chi connectivity index (χ0) is 26.2. The van der Waals surface area contributed by atoms with E-state index in [4.69, 9.17) is 11.5 Å². The fourth-order valence-corrected chi connectivity index (χ4v) is 5.06. The van der Waals surface area contributed by atoms with E-state index in [0.29, 0.717) is 17.9 Å². The van der Waals surface area contributed by atoms with Crippen molar-refractivity contribution in [3.63, 3.8) is 0 Å². The third-order valence-electron chi connectivity index (χ3n) is 6.45. The third kappa shape index (κ3) is 6.54. The molecule has 2 amide bonds. The first-order valence-corrected chi connectivity index (χ1v) is 13.5. The maximum absolute atomic E-state index is 11.4. The number of nitrogens with one attached hydrogen (secondary N) is 1. The monoisotopic (exact) mass is 562 g/mol. The summed E-state index contributed by atoms with van der Waals surface area (Å²) < 4.78 is 1.93. The molecule has 0 spiro atoms. The summed E-state index contributed by atoms with van der Waals surface area (Å²) in [6.45, 7) is 0.705. The first kappa shape index (κ1) is 26.3. The van der Waals surface area contributed by atoms with Gasteiger partial charge in [0, 0.05) is 27.8 Å². The van der Waals surface area contributed by atoms with Crippen LogP contribution in [-0.4, -0.2) is 31.8 Å². The molecule has 0 bridgehead atoms. The molecule has 0 saturated carbocycles. The Hall–Kier alpha value is -3.72. The second-order valence-electron chi connectivity index (χ2n) is 9.00. The highest BCUT2D eigenvalue weighted by molar-refractivity contribution is 9.08. The van der Waals surface area contributed by atoms with Crippen LogP contribution in [0.3, 0.4) is 0 Å². The van der Waals surface area contributed by atoms with E-state index in [-0.39, 0.29) is 0 Å². The highest BCUT2D eigenvalue weighted by Crippen LogP contribution is 2.26. The van der Waals surface area contributed by atoms with Gasteiger partial charge in [-0.1, -0.05) is 76.6 Å². The van der Waals surface area contributed by atoms with Crippen LogP contribution >= 0.6 is 15.9 Å². The zero-order valence-electron chi connectivity index (χ0n) is 20.6. The van der Waals surface area contributed by atoms with E-state index < -0.39 is 11.8 Å². The highest BCUT2D eigenvalue weighted by Gasteiger charge is 2.25. The normalized spacial score (nSPS) is 13.0. The molecule has 2 aliphatic rings. The number of carbonyl (C=O) groups is 2. The number of rotatable bonds is 5. The number of aryl methyl sites for hydroxylation is 1. The van der Waals surface area contributed by atoms with Crippen LogP contribution in [0.25, 0.3) is 0 Å². The molecule has 2 aromatic carbocycles. The van der Waals surface area contributed by atoms with Gasteiger partial charge in [-0.3, -0.25) is 19.4 Å². The number of hydrogen-bond acceptors (Lipinski definition) is 4. The van der Waals surface area contributed by atoms with E-state index in [1.165, 1.54) is 16.8 Å². The van der Waals surface area contributed by atoms with Crippen molar-refractivity contribution in [2.75, 3.05) is 0 Å². The molecular weight excluding hydrogens is 532 g/mol. The van der Waals surface area contributed by atoms with Gasteiger partial charge in [0.25, 0.3) is 11.8 Å². The lowest BCUT2D eigenvalue weighted by molar-refractivity contribution is 0.0986. The van der Waals surface area contributed by atoms with Gasteiger partial charge in [-0.05, 0) is 49.7 Å². The lowest BCUT2D eigenvalue weighted by atomic mass is 10.2. The van der Waals surface area contributed by atoms with Crippen LogP contribution in [0.15, 0.2) is 60.7 Å². The number of aromatic amines is 1. The fourth-order valence-electron chi connectivity index (χ4n) is 4.68. The lowest BCUT2D eigenvalue weighted by Gasteiger charge is -2.05. The van der Waals surface area contributed by atoms with Gasteiger partial charge < -0.3 is 11.5 Å². The Kier molecular flexibility index (Phi) is 8.90. The summed E-state index contributed by atoms with van der Waals surface area (Å²) in [6.07, 6.45) is 6.02. The molecule has 8 nitrogen and oxygen atoms in total. The minimum absolute atomic E-state index is 0.417. The number of primary amides is 2. The Bertz CT molecular complexity index is 1350. The summed E-state index contributed by atoms with van der Waals surface area (Å²) in [6, 6.07) is 20.4. The van der Waals surface area contributed by atoms with Crippen molar-refractivity contribution in [3.8, 4) is 0 Å². The van der Waals surface area contributed by atoms with Crippen molar-refractivity contribution in [1.29, 1.82) is 0 Å². The predicted octanol–water partition coefficient (Wildman–Crippen LogP) is 4.10. The molecule has 2 heterocycles. The fraction of sp³-hybridized carbons (Fsp3) is 0.286. The highest BCUT2D eigenvalue weighted by atomic mass is 79.9. The van der Waals surface area contributed by atoms with Crippen LogP contribution in [0.4, 0.5) is 0 Å². The number of halogens is 1. The number of fused-ring (bicyclic) bond motifs is 2. The van der Waals surface area contributed by atoms with E-state index in [9.17, 15) is 9.59 Å². The maximum atomic E-state index is 11.4. The number of benzene rings is 2. The molecule has 37 heavy (non-hydrogen) atoms. The summed E-state index contributed by atoms with van der Waals surface area (Å²) in [5, 5.41) is 12.0. The smallest absolute Gasteiger partial charge is 0.269 e. The Morgan fingerprint density at radius 1 is 0.811 bits per heavy atom. The van der Waals surface area contributed by atoms with Crippen molar-refractivity contribution in [2.45, 2.75) is 50.4 Å². The number of amides is 2. The van der Waals surface area contributed by atoms with E-state index >= 15 is 0 Å². The molecule has 4 aromatic rings. The minimum Gasteiger partial charge on any atom is -0.364 e. The molecule has 0 saturated heterocycles. The summed E-state index contributed by atoms with van der Waals surface area (Å²) >= 11 is 3.36. The zero-order valence-corrected chi connectivity index (χ0v) is 22.2. The van der Waals surface area contributed by atoms with Gasteiger partial charge in [0.15, 0.2) is 11.4 Å². The standard InChI is InChI=1S/C14H15N3O.C7H7Br.C7H9N3O/c15-14(18)13-11-7-4-8-12(11)17(16-13)9-10-5-2-1-3-6-10;8-6-7-4-2-1-3-5-7;8-7(11)6-4-2-1-3-5(4)9-10-6/h1-3,5-6H,4,7-9H2,(H2,15,18);1-5H,6H2;1-3H2,(H2,8,11)(H,9,10). The Morgan fingerprint density at radius 2 is 1.41 bits per heavy atom. The summed E-state index contributed by atoms with van der Waals surface area (Å²) in [5.74, 6) is -0.843.